The zero-order valence-corrected chi connectivity index (χ0v) is 22.1. The lowest BCUT2D eigenvalue weighted by molar-refractivity contribution is -0.118. The molecule has 36 heavy (non-hydrogen) atoms. The van der Waals surface area contributed by atoms with Gasteiger partial charge in [-0.3, -0.25) is 4.79 Å². The third-order valence-electron chi connectivity index (χ3n) is 6.51. The summed E-state index contributed by atoms with van der Waals surface area (Å²) in [5, 5.41) is 9.06. The van der Waals surface area contributed by atoms with E-state index in [1.165, 1.54) is 0 Å². The minimum Gasteiger partial charge on any atom is -0.493 e. The van der Waals surface area contributed by atoms with Crippen LogP contribution in [0.2, 0.25) is 10.0 Å². The van der Waals surface area contributed by atoms with Crippen molar-refractivity contribution in [3.63, 3.8) is 0 Å². The number of nitrogens with one attached hydrogen (secondary N) is 1. The lowest BCUT2D eigenvalue weighted by Crippen LogP contribution is -2.36. The molecule has 3 aromatic rings. The number of methoxy groups -OCH3 is 3. The van der Waals surface area contributed by atoms with Gasteiger partial charge >= 0.3 is 0 Å². The number of ketones is 1. The number of aromatic nitrogens is 3. The molecule has 1 aliphatic heterocycles. The maximum Gasteiger partial charge on any atom is 0.226 e. The largest absolute Gasteiger partial charge is 0.493 e. The third-order valence-corrected chi connectivity index (χ3v) is 7.25. The third kappa shape index (κ3) is 4.08. The maximum atomic E-state index is 13.4. The van der Waals surface area contributed by atoms with Gasteiger partial charge in [-0.15, -0.1) is 5.10 Å². The van der Waals surface area contributed by atoms with Gasteiger partial charge in [0.2, 0.25) is 11.7 Å². The van der Waals surface area contributed by atoms with Crippen molar-refractivity contribution in [3.05, 3.63) is 57.2 Å². The highest BCUT2D eigenvalue weighted by molar-refractivity contribution is 6.42. The first kappa shape index (κ1) is 24.5. The van der Waals surface area contributed by atoms with Crippen molar-refractivity contribution in [1.82, 2.24) is 14.8 Å². The van der Waals surface area contributed by atoms with E-state index in [-0.39, 0.29) is 11.2 Å². The highest BCUT2D eigenvalue weighted by Gasteiger charge is 2.42. The SMILES string of the molecule is COc1cc(-c2nc3n(n2)C(c2ccc(Cl)c(Cl)c2)C2=C(CC(C)(C)CC2=O)N3)cc(OC)c1OC. The molecule has 0 saturated heterocycles. The number of hydrogen-bond donors (Lipinski definition) is 1. The summed E-state index contributed by atoms with van der Waals surface area (Å²) < 4.78 is 18.2. The van der Waals surface area contributed by atoms with Crippen LogP contribution in [-0.4, -0.2) is 41.9 Å². The van der Waals surface area contributed by atoms with Gasteiger partial charge in [-0.1, -0.05) is 43.1 Å². The fraction of sp³-hybridized carbons (Fsp3) is 0.346. The number of ether oxygens (including phenoxy) is 3. The fourth-order valence-electron chi connectivity index (χ4n) is 4.93. The van der Waals surface area contributed by atoms with Gasteiger partial charge < -0.3 is 19.5 Å². The number of halogens is 2. The number of rotatable bonds is 5. The summed E-state index contributed by atoms with van der Waals surface area (Å²) in [6, 6.07) is 8.46. The second kappa shape index (κ2) is 9.01. The summed E-state index contributed by atoms with van der Waals surface area (Å²) in [5.74, 6) is 2.49. The second-order valence-electron chi connectivity index (χ2n) is 9.65. The molecule has 1 aromatic heterocycles. The van der Waals surface area contributed by atoms with Gasteiger partial charge in [-0.05, 0) is 41.7 Å². The Hall–Kier alpha value is -3.23. The molecule has 10 heteroatoms. The number of Topliss-reactive ketones (excluding diaryl/α,β-unsaturated/α-hetero) is 1. The van der Waals surface area contributed by atoms with Crippen LogP contribution >= 0.6 is 23.2 Å². The number of carbonyl (C=O) groups excluding carboxylic acids is 1. The van der Waals surface area contributed by atoms with Crippen molar-refractivity contribution in [2.45, 2.75) is 32.7 Å². The molecule has 0 spiro atoms. The van der Waals surface area contributed by atoms with Crippen LogP contribution in [0.25, 0.3) is 11.4 Å². The van der Waals surface area contributed by atoms with Crippen LogP contribution in [0.4, 0.5) is 5.95 Å². The number of fused-ring (bicyclic) bond motifs is 1. The zero-order valence-electron chi connectivity index (χ0n) is 20.6. The molecule has 0 amide bonds. The van der Waals surface area contributed by atoms with E-state index in [2.05, 4.69) is 19.2 Å². The summed E-state index contributed by atoms with van der Waals surface area (Å²) in [6.07, 6.45) is 1.15. The lowest BCUT2D eigenvalue weighted by atomic mass is 9.73. The van der Waals surface area contributed by atoms with Crippen LogP contribution < -0.4 is 19.5 Å². The lowest BCUT2D eigenvalue weighted by Gasteiger charge is -2.38. The molecule has 5 rings (SSSR count). The molecular weight excluding hydrogens is 503 g/mol. The van der Waals surface area contributed by atoms with Crippen LogP contribution in [0.1, 0.15) is 38.3 Å². The van der Waals surface area contributed by atoms with E-state index in [4.69, 9.17) is 47.5 Å². The van der Waals surface area contributed by atoms with Gasteiger partial charge in [0.15, 0.2) is 23.1 Å². The molecule has 0 fully saturated rings. The van der Waals surface area contributed by atoms with Crippen LogP contribution in [0.15, 0.2) is 41.6 Å². The van der Waals surface area contributed by atoms with Gasteiger partial charge in [0.05, 0.1) is 31.4 Å². The summed E-state index contributed by atoms with van der Waals surface area (Å²) in [5.41, 5.74) is 2.82. The Balaban J connectivity index is 1.69. The molecule has 0 saturated carbocycles. The predicted octanol–water partition coefficient (Wildman–Crippen LogP) is 5.94. The van der Waals surface area contributed by atoms with Crippen molar-refractivity contribution in [2.75, 3.05) is 26.6 Å². The normalized spacial score (nSPS) is 18.3. The highest BCUT2D eigenvalue weighted by Crippen LogP contribution is 2.47. The van der Waals surface area contributed by atoms with Crippen LogP contribution in [-0.2, 0) is 4.79 Å². The molecule has 0 bridgehead atoms. The summed E-state index contributed by atoms with van der Waals surface area (Å²) in [6.45, 7) is 4.18. The van der Waals surface area contributed by atoms with Gasteiger partial charge in [0.25, 0.3) is 0 Å². The van der Waals surface area contributed by atoms with Gasteiger partial charge in [0, 0.05) is 23.3 Å². The quantitative estimate of drug-likeness (QED) is 0.438. The smallest absolute Gasteiger partial charge is 0.226 e. The van der Waals surface area contributed by atoms with E-state index in [0.717, 1.165) is 11.3 Å². The van der Waals surface area contributed by atoms with Crippen LogP contribution in [0, 0.1) is 5.41 Å². The van der Waals surface area contributed by atoms with E-state index in [0.29, 0.717) is 63.0 Å². The maximum absolute atomic E-state index is 13.4. The van der Waals surface area contributed by atoms with E-state index < -0.39 is 6.04 Å². The van der Waals surface area contributed by atoms with Crippen molar-refractivity contribution in [2.24, 2.45) is 5.41 Å². The van der Waals surface area contributed by atoms with Crippen molar-refractivity contribution < 1.29 is 19.0 Å². The Morgan fingerprint density at radius 2 is 1.69 bits per heavy atom. The Kier molecular flexibility index (Phi) is 6.12. The fourth-order valence-corrected chi connectivity index (χ4v) is 5.24. The van der Waals surface area contributed by atoms with Gasteiger partial charge in [0.1, 0.15) is 6.04 Å². The molecule has 0 radical (unpaired) electrons. The average Bonchev–Trinajstić information content (AvgIpc) is 3.26. The van der Waals surface area contributed by atoms with E-state index >= 15 is 0 Å². The molecule has 1 unspecified atom stereocenters. The second-order valence-corrected chi connectivity index (χ2v) is 10.5. The average molecular weight is 529 g/mol. The Labute approximate surface area is 219 Å². The van der Waals surface area contributed by atoms with Crippen molar-refractivity contribution in [3.8, 4) is 28.6 Å². The number of carbonyl (C=O) groups is 1. The zero-order chi connectivity index (χ0) is 25.8. The molecule has 1 N–H and O–H groups in total. The number of anilines is 1. The summed E-state index contributed by atoms with van der Waals surface area (Å²) >= 11 is 12.6. The molecule has 2 aromatic carbocycles. The first-order valence-corrected chi connectivity index (χ1v) is 12.2. The topological polar surface area (TPSA) is 87.5 Å². The standard InChI is InChI=1S/C26H26Cl2N4O4/c1-26(2)11-17-21(18(33)12-26)22(13-6-7-15(27)16(28)8-13)32-25(29-17)30-24(31-32)14-9-19(34-3)23(36-5)20(10-14)35-4/h6-10,22H,11-12H2,1-5H3,(H,29,30,31). The van der Waals surface area contributed by atoms with Crippen LogP contribution in [0.3, 0.4) is 0 Å². The van der Waals surface area contributed by atoms with Crippen LogP contribution in [0.5, 0.6) is 17.2 Å². The molecule has 188 valence electrons. The van der Waals surface area contributed by atoms with E-state index in [9.17, 15) is 4.79 Å². The summed E-state index contributed by atoms with van der Waals surface area (Å²) in [7, 11) is 4.66. The van der Waals surface area contributed by atoms with Crippen molar-refractivity contribution in [1.29, 1.82) is 0 Å². The highest BCUT2D eigenvalue weighted by atomic mass is 35.5. The minimum absolute atomic E-state index is 0.0697. The first-order valence-electron chi connectivity index (χ1n) is 11.4. The van der Waals surface area contributed by atoms with E-state index in [1.54, 1.807) is 50.3 Å². The molecule has 1 atom stereocenters. The Morgan fingerprint density at radius 1 is 1.00 bits per heavy atom. The predicted molar refractivity (Wildman–Crippen MR) is 138 cm³/mol. The minimum atomic E-state index is -0.502. The number of nitrogens with zero attached hydrogens (tertiary/aromatic N) is 3. The van der Waals surface area contributed by atoms with Gasteiger partial charge in [-0.2, -0.15) is 4.98 Å². The monoisotopic (exact) mass is 528 g/mol. The molecule has 8 nitrogen and oxygen atoms in total. The molecular formula is C26H26Cl2N4O4. The number of hydrogen-bond acceptors (Lipinski definition) is 7. The Morgan fingerprint density at radius 3 is 2.31 bits per heavy atom. The molecule has 2 aliphatic rings. The number of benzene rings is 2. The molecule has 1 aliphatic carbocycles. The van der Waals surface area contributed by atoms with Gasteiger partial charge in [-0.25, -0.2) is 4.68 Å². The molecule has 2 heterocycles. The van der Waals surface area contributed by atoms with E-state index in [1.807, 2.05) is 6.07 Å². The summed E-state index contributed by atoms with van der Waals surface area (Å²) in [4.78, 5) is 18.2. The van der Waals surface area contributed by atoms with Crippen molar-refractivity contribution >= 4 is 34.9 Å². The Bertz CT molecular complexity index is 1390. The first-order chi connectivity index (χ1) is 17.2. The number of allylic oxidation sites excluding steroid dienone is 2.